The largest absolute Gasteiger partial charge is 0.360 e. The Morgan fingerprint density at radius 2 is 2.00 bits per heavy atom. The topological polar surface area (TPSA) is 68.3 Å². The van der Waals surface area contributed by atoms with Crippen molar-refractivity contribution in [2.75, 3.05) is 0 Å². The third-order valence-electron chi connectivity index (χ3n) is 3.60. The van der Waals surface area contributed by atoms with Crippen LogP contribution in [0.3, 0.4) is 0 Å². The van der Waals surface area contributed by atoms with Crippen molar-refractivity contribution in [2.24, 2.45) is 0 Å². The predicted octanol–water partition coefficient (Wildman–Crippen LogP) is 3.67. The van der Waals surface area contributed by atoms with Gasteiger partial charge in [0.1, 0.15) is 11.2 Å². The number of benzene rings is 1. The van der Waals surface area contributed by atoms with Crippen LogP contribution in [-0.4, -0.2) is 15.0 Å². The van der Waals surface area contributed by atoms with Gasteiger partial charge < -0.3 is 9.97 Å². The summed E-state index contributed by atoms with van der Waals surface area (Å²) in [5, 5.41) is 10.4. The van der Waals surface area contributed by atoms with Crippen molar-refractivity contribution in [1.82, 2.24) is 15.0 Å². The lowest BCUT2D eigenvalue weighted by Gasteiger charge is -2.10. The smallest absolute Gasteiger partial charge is 0.126 e. The highest BCUT2D eigenvalue weighted by Crippen LogP contribution is 2.31. The SMILES string of the molecule is Cc1[nH]c(C(C)(C)C#N)nc1-c1c[nH]c2ccccc12. The third kappa shape index (κ3) is 1.79. The van der Waals surface area contributed by atoms with Crippen molar-refractivity contribution in [3.63, 3.8) is 0 Å². The van der Waals surface area contributed by atoms with Crippen molar-refractivity contribution in [1.29, 1.82) is 5.26 Å². The van der Waals surface area contributed by atoms with Crippen molar-refractivity contribution in [2.45, 2.75) is 26.2 Å². The molecule has 3 aromatic rings. The molecular weight excluding hydrogens is 248 g/mol. The van der Waals surface area contributed by atoms with Gasteiger partial charge in [-0.1, -0.05) is 18.2 Å². The molecule has 4 nitrogen and oxygen atoms in total. The molecule has 3 rings (SSSR count). The number of nitrogens with one attached hydrogen (secondary N) is 2. The molecule has 4 heteroatoms. The molecule has 20 heavy (non-hydrogen) atoms. The minimum Gasteiger partial charge on any atom is -0.360 e. The van der Waals surface area contributed by atoms with E-state index in [-0.39, 0.29) is 0 Å². The number of aryl methyl sites for hydroxylation is 1. The molecule has 0 saturated heterocycles. The summed E-state index contributed by atoms with van der Waals surface area (Å²) in [6, 6.07) is 10.4. The molecule has 1 aromatic carbocycles. The van der Waals surface area contributed by atoms with E-state index in [2.05, 4.69) is 27.1 Å². The second-order valence-corrected chi connectivity index (χ2v) is 5.54. The Bertz CT molecular complexity index is 814. The number of para-hydroxylation sites is 1. The lowest BCUT2D eigenvalue weighted by Crippen LogP contribution is -2.15. The average Bonchev–Trinajstić information content (AvgIpc) is 3.02. The Kier molecular flexibility index (Phi) is 2.65. The highest BCUT2D eigenvalue weighted by molar-refractivity contribution is 5.95. The predicted molar refractivity (Wildman–Crippen MR) is 79.3 cm³/mol. The van der Waals surface area contributed by atoms with Crippen LogP contribution in [0.5, 0.6) is 0 Å². The van der Waals surface area contributed by atoms with Crippen LogP contribution in [0.2, 0.25) is 0 Å². The molecule has 0 amide bonds. The lowest BCUT2D eigenvalue weighted by atomic mass is 9.95. The van der Waals surface area contributed by atoms with Gasteiger partial charge >= 0.3 is 0 Å². The summed E-state index contributed by atoms with van der Waals surface area (Å²) in [6.07, 6.45) is 1.97. The number of hydrogen-bond donors (Lipinski definition) is 2. The zero-order chi connectivity index (χ0) is 14.3. The number of nitrogens with zero attached hydrogens (tertiary/aromatic N) is 2. The van der Waals surface area contributed by atoms with E-state index in [1.165, 1.54) is 0 Å². The second kappa shape index (κ2) is 4.24. The fourth-order valence-corrected chi connectivity index (χ4v) is 2.34. The maximum Gasteiger partial charge on any atom is 0.126 e. The van der Waals surface area contributed by atoms with Crippen molar-refractivity contribution < 1.29 is 0 Å². The van der Waals surface area contributed by atoms with Gasteiger partial charge in [-0.3, -0.25) is 0 Å². The summed E-state index contributed by atoms with van der Waals surface area (Å²) in [7, 11) is 0. The van der Waals surface area contributed by atoms with Gasteiger partial charge in [-0.15, -0.1) is 0 Å². The summed E-state index contributed by atoms with van der Waals surface area (Å²) in [6.45, 7) is 5.72. The van der Waals surface area contributed by atoms with E-state index in [0.717, 1.165) is 27.9 Å². The van der Waals surface area contributed by atoms with Gasteiger partial charge in [0.2, 0.25) is 0 Å². The van der Waals surface area contributed by atoms with E-state index in [1.54, 1.807) is 0 Å². The molecule has 0 saturated carbocycles. The zero-order valence-corrected chi connectivity index (χ0v) is 11.8. The average molecular weight is 264 g/mol. The number of aromatic amines is 2. The van der Waals surface area contributed by atoms with E-state index in [0.29, 0.717) is 5.82 Å². The maximum atomic E-state index is 9.23. The zero-order valence-electron chi connectivity index (χ0n) is 11.8. The Morgan fingerprint density at radius 3 is 2.75 bits per heavy atom. The fourth-order valence-electron chi connectivity index (χ4n) is 2.34. The van der Waals surface area contributed by atoms with Gasteiger partial charge in [0.05, 0.1) is 11.8 Å². The number of rotatable bonds is 2. The molecule has 0 aliphatic rings. The molecule has 0 fully saturated rings. The van der Waals surface area contributed by atoms with Gasteiger partial charge in [0, 0.05) is 28.4 Å². The monoisotopic (exact) mass is 264 g/mol. The molecule has 0 atom stereocenters. The standard InChI is InChI=1S/C16H16N4/c1-10-14(20-15(19-10)16(2,3)9-17)12-8-18-13-7-5-4-6-11(12)13/h4-8,18H,1-3H3,(H,19,20). The Hall–Kier alpha value is -2.54. The number of fused-ring (bicyclic) bond motifs is 1. The van der Waals surface area contributed by atoms with Crippen LogP contribution in [0, 0.1) is 18.3 Å². The van der Waals surface area contributed by atoms with Crippen molar-refractivity contribution >= 4 is 10.9 Å². The summed E-state index contributed by atoms with van der Waals surface area (Å²) in [4.78, 5) is 11.1. The third-order valence-corrected chi connectivity index (χ3v) is 3.60. The van der Waals surface area contributed by atoms with Gasteiger partial charge in [-0.2, -0.15) is 5.26 Å². The summed E-state index contributed by atoms with van der Waals surface area (Å²) < 4.78 is 0. The Morgan fingerprint density at radius 1 is 1.25 bits per heavy atom. The first-order valence-corrected chi connectivity index (χ1v) is 6.58. The number of imidazole rings is 1. The van der Waals surface area contributed by atoms with Crippen LogP contribution in [-0.2, 0) is 5.41 Å². The molecule has 0 unspecified atom stereocenters. The molecule has 0 radical (unpaired) electrons. The second-order valence-electron chi connectivity index (χ2n) is 5.54. The highest BCUT2D eigenvalue weighted by atomic mass is 15.0. The van der Waals surface area contributed by atoms with Crippen LogP contribution in [0.4, 0.5) is 0 Å². The number of H-pyrrole nitrogens is 2. The van der Waals surface area contributed by atoms with Crippen LogP contribution in [0.15, 0.2) is 30.5 Å². The fraction of sp³-hybridized carbons (Fsp3) is 0.250. The van der Waals surface area contributed by atoms with Crippen LogP contribution < -0.4 is 0 Å². The normalized spacial score (nSPS) is 11.7. The van der Waals surface area contributed by atoms with Gasteiger partial charge in [0.25, 0.3) is 0 Å². The first-order chi connectivity index (χ1) is 9.53. The van der Waals surface area contributed by atoms with Crippen molar-refractivity contribution in [3.8, 4) is 17.3 Å². The van der Waals surface area contributed by atoms with Crippen LogP contribution in [0.25, 0.3) is 22.2 Å². The highest BCUT2D eigenvalue weighted by Gasteiger charge is 2.25. The molecular formula is C16H16N4. The first kappa shape index (κ1) is 12.5. The van der Waals surface area contributed by atoms with E-state index < -0.39 is 5.41 Å². The number of hydrogen-bond acceptors (Lipinski definition) is 2. The summed E-state index contributed by atoms with van der Waals surface area (Å²) >= 11 is 0. The Labute approximate surface area is 117 Å². The molecule has 100 valence electrons. The van der Waals surface area contributed by atoms with E-state index in [1.807, 2.05) is 45.2 Å². The van der Waals surface area contributed by atoms with Crippen LogP contribution >= 0.6 is 0 Å². The number of nitriles is 1. The van der Waals surface area contributed by atoms with E-state index in [4.69, 9.17) is 0 Å². The Balaban J connectivity index is 2.19. The van der Waals surface area contributed by atoms with E-state index in [9.17, 15) is 5.26 Å². The molecule has 2 N–H and O–H groups in total. The number of aromatic nitrogens is 3. The quantitative estimate of drug-likeness (QED) is 0.741. The molecule has 2 aromatic heterocycles. The van der Waals surface area contributed by atoms with Gasteiger partial charge in [-0.05, 0) is 26.8 Å². The van der Waals surface area contributed by atoms with E-state index >= 15 is 0 Å². The van der Waals surface area contributed by atoms with Gasteiger partial charge in [0.15, 0.2) is 0 Å². The van der Waals surface area contributed by atoms with Crippen molar-refractivity contribution in [3.05, 3.63) is 42.0 Å². The maximum absolute atomic E-state index is 9.23. The van der Waals surface area contributed by atoms with Crippen LogP contribution in [0.1, 0.15) is 25.4 Å². The molecule has 0 aliphatic heterocycles. The lowest BCUT2D eigenvalue weighted by molar-refractivity contribution is 0.638. The molecule has 2 heterocycles. The molecule has 0 bridgehead atoms. The molecule has 0 aliphatic carbocycles. The molecule has 0 spiro atoms. The summed E-state index contributed by atoms with van der Waals surface area (Å²) in [5.41, 5.74) is 3.42. The minimum atomic E-state index is -0.616. The van der Waals surface area contributed by atoms with Gasteiger partial charge in [-0.25, -0.2) is 4.98 Å². The first-order valence-electron chi connectivity index (χ1n) is 6.58. The summed E-state index contributed by atoms with van der Waals surface area (Å²) in [5.74, 6) is 0.706. The minimum absolute atomic E-state index is 0.616.